The molecule has 9 nitrogen and oxygen atoms in total. The summed E-state index contributed by atoms with van der Waals surface area (Å²) in [4.78, 5) is 40.5. The van der Waals surface area contributed by atoms with Crippen LogP contribution >= 0.6 is 0 Å². The number of carbonyl (C=O) groups is 2. The van der Waals surface area contributed by atoms with Gasteiger partial charge in [-0.1, -0.05) is 117 Å². The lowest BCUT2D eigenvalue weighted by Gasteiger charge is -2.17. The maximum absolute atomic E-state index is 13.4. The summed E-state index contributed by atoms with van der Waals surface area (Å²) < 4.78 is 6.19. The Balaban J connectivity index is 1.15. The van der Waals surface area contributed by atoms with Crippen molar-refractivity contribution in [2.45, 2.75) is 176 Å². The molecule has 59 heavy (non-hydrogen) atoms. The van der Waals surface area contributed by atoms with Gasteiger partial charge in [0.25, 0.3) is 0 Å². The van der Waals surface area contributed by atoms with Crippen LogP contribution in [0.1, 0.15) is 176 Å². The van der Waals surface area contributed by atoms with Crippen molar-refractivity contribution in [3.05, 3.63) is 91.7 Å². The van der Waals surface area contributed by atoms with Crippen LogP contribution in [-0.4, -0.2) is 39.3 Å². The minimum Gasteiger partial charge on any atom is -0.511 e. The number of hydrogen-bond acceptors (Lipinski definition) is 8. The van der Waals surface area contributed by atoms with E-state index < -0.39 is 5.97 Å². The van der Waals surface area contributed by atoms with Crippen LogP contribution in [0.25, 0.3) is 0 Å². The van der Waals surface area contributed by atoms with Crippen LogP contribution in [0.15, 0.2) is 107 Å². The number of carbonyl (C=O) groups excluding carboxylic acids is 1. The van der Waals surface area contributed by atoms with Crippen molar-refractivity contribution in [1.29, 1.82) is 0 Å². The van der Waals surface area contributed by atoms with Crippen molar-refractivity contribution in [1.82, 2.24) is 5.32 Å². The zero-order chi connectivity index (χ0) is 42.1. The van der Waals surface area contributed by atoms with Gasteiger partial charge in [-0.05, 0) is 75.0 Å². The third kappa shape index (κ3) is 10.4. The number of aliphatic imine (C=N–C) groups is 3. The van der Waals surface area contributed by atoms with E-state index >= 15 is 0 Å². The second-order valence-corrected chi connectivity index (χ2v) is 17.4. The van der Waals surface area contributed by atoms with Crippen molar-refractivity contribution in [2.24, 2.45) is 26.8 Å². The fourth-order valence-corrected chi connectivity index (χ4v) is 9.47. The molecular weight excluding hydrogens is 737 g/mol. The summed E-state index contributed by atoms with van der Waals surface area (Å²) in [5.41, 5.74) is 11.6. The Morgan fingerprint density at radius 3 is 1.95 bits per heavy atom. The summed E-state index contributed by atoms with van der Waals surface area (Å²) >= 11 is 0. The van der Waals surface area contributed by atoms with Crippen molar-refractivity contribution in [3.8, 4) is 0 Å². The molecule has 5 aliphatic heterocycles. The quantitative estimate of drug-likeness (QED) is 0.0737. The number of rotatable bonds is 22. The zero-order valence-corrected chi connectivity index (χ0v) is 36.7. The number of aliphatic hydroxyl groups is 1. The molecule has 1 fully saturated rings. The topological polar surface area (TPSA) is 133 Å². The summed E-state index contributed by atoms with van der Waals surface area (Å²) in [7, 11) is 0. The van der Waals surface area contributed by atoms with E-state index in [1.54, 1.807) is 0 Å². The van der Waals surface area contributed by atoms with E-state index in [9.17, 15) is 19.8 Å². The first-order chi connectivity index (χ1) is 28.5. The van der Waals surface area contributed by atoms with Crippen molar-refractivity contribution >= 4 is 29.1 Å². The standard InChI is InChI=1S/C50H68N4O5/c1-7-9-10-11-12-13-14-15-16-17-18-19-20-21-22-23-24-46(58)59-50-34(6)41-28-39-32(4)36(25-26-45(56)57)48(53-39)37-27-44(55)47-33(5)40(54-49(37)47)29-42-35(8-2)31(3)38(51-42)30-43(50)52-41/h28-30,32,36,53,55H,7-27H2,1-6H3,(H,56,57)/t32-,36-/m0/s1. The third-order valence-corrected chi connectivity index (χ3v) is 13.1. The Morgan fingerprint density at radius 1 is 0.746 bits per heavy atom. The molecule has 1 saturated heterocycles. The van der Waals surface area contributed by atoms with Crippen LogP contribution in [0.2, 0.25) is 0 Å². The summed E-state index contributed by atoms with van der Waals surface area (Å²) in [6.45, 7) is 12.5. The molecular formula is C50H68N4O5. The lowest BCUT2D eigenvalue weighted by Crippen LogP contribution is -2.15. The highest BCUT2D eigenvalue weighted by atomic mass is 16.5. The van der Waals surface area contributed by atoms with Crippen LogP contribution in [0.4, 0.5) is 0 Å². The maximum Gasteiger partial charge on any atom is 0.311 e. The molecule has 0 aromatic carbocycles. The monoisotopic (exact) mass is 805 g/mol. The Hall–Kier alpha value is -4.53. The van der Waals surface area contributed by atoms with Gasteiger partial charge in [0.2, 0.25) is 0 Å². The normalized spacial score (nSPS) is 21.0. The van der Waals surface area contributed by atoms with Gasteiger partial charge in [-0.2, -0.15) is 0 Å². The van der Waals surface area contributed by atoms with Gasteiger partial charge >= 0.3 is 11.9 Å². The zero-order valence-electron chi connectivity index (χ0n) is 36.7. The van der Waals surface area contributed by atoms with E-state index in [1.807, 2.05) is 32.1 Å². The number of nitrogens with one attached hydrogen (secondary N) is 1. The van der Waals surface area contributed by atoms with Gasteiger partial charge in [0.1, 0.15) is 11.5 Å². The Kier molecular flexibility index (Phi) is 15.4. The van der Waals surface area contributed by atoms with Gasteiger partial charge in [0.15, 0.2) is 5.76 Å². The second kappa shape index (κ2) is 20.6. The molecule has 3 N–H and O–H groups in total. The Labute approximate surface area is 352 Å². The highest BCUT2D eigenvalue weighted by Crippen LogP contribution is 2.46. The highest BCUT2D eigenvalue weighted by molar-refractivity contribution is 6.21. The van der Waals surface area contributed by atoms with Crippen molar-refractivity contribution < 1.29 is 24.5 Å². The molecule has 0 amide bonds. The predicted molar refractivity (Wildman–Crippen MR) is 239 cm³/mol. The van der Waals surface area contributed by atoms with Crippen molar-refractivity contribution in [2.75, 3.05) is 0 Å². The number of hydrogen-bond donors (Lipinski definition) is 3. The number of aliphatic carboxylic acids is 1. The van der Waals surface area contributed by atoms with E-state index in [1.165, 1.54) is 83.5 Å². The molecule has 9 heteroatoms. The minimum atomic E-state index is -0.846. The molecule has 2 atom stereocenters. The summed E-state index contributed by atoms with van der Waals surface area (Å²) in [5, 5.41) is 24.6. The fourth-order valence-electron chi connectivity index (χ4n) is 9.47. The molecule has 318 valence electrons. The molecule has 8 bridgehead atoms. The molecule has 0 aromatic heterocycles. The molecule has 6 rings (SSSR count). The van der Waals surface area contributed by atoms with E-state index in [0.717, 1.165) is 93.3 Å². The largest absolute Gasteiger partial charge is 0.511 e. The predicted octanol–water partition coefficient (Wildman–Crippen LogP) is 12.7. The van der Waals surface area contributed by atoms with Gasteiger partial charge < -0.3 is 20.3 Å². The van der Waals surface area contributed by atoms with Gasteiger partial charge in [-0.3, -0.25) is 9.59 Å². The molecule has 0 spiro atoms. The second-order valence-electron chi connectivity index (χ2n) is 17.4. The number of unbranched alkanes of at least 4 members (excludes halogenated alkanes) is 15. The van der Waals surface area contributed by atoms with Crippen LogP contribution in [0, 0.1) is 11.8 Å². The van der Waals surface area contributed by atoms with Crippen LogP contribution in [-0.2, 0) is 14.3 Å². The summed E-state index contributed by atoms with van der Waals surface area (Å²) in [6, 6.07) is 0. The molecule has 0 radical (unpaired) electrons. The third-order valence-electron chi connectivity index (χ3n) is 13.1. The number of carboxylic acids is 1. The number of esters is 1. The number of carboxylic acid groups (broad SMARTS) is 1. The first-order valence-electron chi connectivity index (χ1n) is 22.9. The van der Waals surface area contributed by atoms with E-state index in [0.29, 0.717) is 36.4 Å². The Morgan fingerprint density at radius 2 is 1.34 bits per heavy atom. The number of aliphatic hydroxyl groups excluding tert-OH is 1. The molecule has 0 saturated carbocycles. The number of allylic oxidation sites excluding steroid dienone is 11. The van der Waals surface area contributed by atoms with Gasteiger partial charge in [0.05, 0.1) is 28.5 Å². The molecule has 6 aliphatic rings. The van der Waals surface area contributed by atoms with E-state index in [4.69, 9.17) is 19.7 Å². The number of fused-ring (bicyclic) bond motifs is 5. The van der Waals surface area contributed by atoms with Crippen LogP contribution in [0.5, 0.6) is 0 Å². The fraction of sp³-hybridized carbons (Fsp3) is 0.580. The minimum absolute atomic E-state index is 0.0198. The van der Waals surface area contributed by atoms with Gasteiger partial charge in [-0.25, -0.2) is 15.0 Å². The van der Waals surface area contributed by atoms with E-state index in [-0.39, 0.29) is 30.0 Å². The molecule has 0 aromatic rings. The first-order valence-corrected chi connectivity index (χ1v) is 22.9. The van der Waals surface area contributed by atoms with Crippen LogP contribution in [0.3, 0.4) is 0 Å². The maximum atomic E-state index is 13.4. The average Bonchev–Trinajstić information content (AvgIpc) is 3.96. The van der Waals surface area contributed by atoms with Crippen molar-refractivity contribution in [3.63, 3.8) is 0 Å². The lowest BCUT2D eigenvalue weighted by atomic mass is 9.86. The average molecular weight is 805 g/mol. The number of ether oxygens (including phenoxy) is 1. The first kappa shape index (κ1) is 44.0. The molecule has 0 unspecified atom stereocenters. The van der Waals surface area contributed by atoms with Gasteiger partial charge in [0, 0.05) is 59.2 Å². The summed E-state index contributed by atoms with van der Waals surface area (Å²) in [6.07, 6.45) is 28.3. The molecule has 5 heterocycles. The van der Waals surface area contributed by atoms with E-state index in [2.05, 4.69) is 33.0 Å². The Bertz CT molecular complexity index is 2030. The smallest absolute Gasteiger partial charge is 0.311 e. The van der Waals surface area contributed by atoms with Crippen LogP contribution < -0.4 is 5.32 Å². The molecule has 1 aliphatic carbocycles. The lowest BCUT2D eigenvalue weighted by molar-refractivity contribution is -0.139. The van der Waals surface area contributed by atoms with Gasteiger partial charge in [-0.15, -0.1) is 0 Å². The highest BCUT2D eigenvalue weighted by Gasteiger charge is 2.41. The SMILES string of the molecule is CCCCCCCCCCCCCCCCCCC(=O)OC1=C(C)C2=NC1=CC1=NC(=CC3=C(C)C4=C(O)CC(=C5NC(=C2)[C@@H](C)[C@@H]5CCC(=O)O)C4=N3)C(CC)=C1C. The summed E-state index contributed by atoms with van der Waals surface area (Å²) in [5.74, 6) is -0.552. The number of nitrogens with zero attached hydrogens (tertiary/aromatic N) is 3.